The molecule has 0 radical (unpaired) electrons. The van der Waals surface area contributed by atoms with Crippen LogP contribution in [-0.2, 0) is 20.7 Å². The Morgan fingerprint density at radius 2 is 1.70 bits per heavy atom. The maximum absolute atomic E-state index is 12.0. The average Bonchev–Trinajstić information content (AvgIpc) is 3.25. The highest BCUT2D eigenvalue weighted by Crippen LogP contribution is 2.26. The SMILES string of the molecule is CCc1ccc(OCC(=O)OCC(=O)Nc2nc(-c3ccc(OC)cc3)cs2)cc1. The molecule has 30 heavy (non-hydrogen) atoms. The van der Waals surface area contributed by atoms with Crippen LogP contribution in [0, 0.1) is 0 Å². The van der Waals surface area contributed by atoms with E-state index >= 15 is 0 Å². The predicted octanol–water partition coefficient (Wildman–Crippen LogP) is 3.94. The van der Waals surface area contributed by atoms with E-state index < -0.39 is 18.5 Å². The molecular formula is C22H22N2O5S. The first kappa shape index (κ1) is 21.3. The molecule has 1 amide bonds. The lowest BCUT2D eigenvalue weighted by molar-refractivity contribution is -0.149. The summed E-state index contributed by atoms with van der Waals surface area (Å²) in [5, 5.41) is 4.88. The summed E-state index contributed by atoms with van der Waals surface area (Å²) in [5.74, 6) is 0.239. The third-order valence-electron chi connectivity index (χ3n) is 4.19. The highest BCUT2D eigenvalue weighted by molar-refractivity contribution is 7.14. The summed E-state index contributed by atoms with van der Waals surface area (Å²) in [6.07, 6.45) is 0.929. The van der Waals surface area contributed by atoms with Gasteiger partial charge in [-0.1, -0.05) is 19.1 Å². The fourth-order valence-electron chi connectivity index (χ4n) is 2.53. The molecule has 0 fully saturated rings. The zero-order chi connectivity index (χ0) is 21.3. The largest absolute Gasteiger partial charge is 0.497 e. The van der Waals surface area contributed by atoms with Gasteiger partial charge in [0.2, 0.25) is 0 Å². The molecule has 0 saturated carbocycles. The van der Waals surface area contributed by atoms with Crippen LogP contribution in [0.2, 0.25) is 0 Å². The molecule has 1 heterocycles. The van der Waals surface area contributed by atoms with Crippen LogP contribution < -0.4 is 14.8 Å². The van der Waals surface area contributed by atoms with Crippen LogP contribution >= 0.6 is 11.3 Å². The van der Waals surface area contributed by atoms with Gasteiger partial charge in [-0.15, -0.1) is 11.3 Å². The lowest BCUT2D eigenvalue weighted by atomic mass is 10.2. The minimum absolute atomic E-state index is 0.266. The number of hydrogen-bond donors (Lipinski definition) is 1. The van der Waals surface area contributed by atoms with E-state index in [0.717, 1.165) is 23.4 Å². The molecule has 3 aromatic rings. The third-order valence-corrected chi connectivity index (χ3v) is 4.95. The fraction of sp³-hybridized carbons (Fsp3) is 0.227. The number of esters is 1. The van der Waals surface area contributed by atoms with Crippen molar-refractivity contribution in [3.05, 3.63) is 59.5 Å². The van der Waals surface area contributed by atoms with Crippen molar-refractivity contribution in [2.24, 2.45) is 0 Å². The number of aryl methyl sites for hydroxylation is 1. The van der Waals surface area contributed by atoms with Crippen molar-refractivity contribution in [3.63, 3.8) is 0 Å². The first-order chi connectivity index (χ1) is 14.6. The Balaban J connectivity index is 1.42. The van der Waals surface area contributed by atoms with E-state index in [0.29, 0.717) is 10.9 Å². The minimum Gasteiger partial charge on any atom is -0.497 e. The van der Waals surface area contributed by atoms with Crippen LogP contribution in [0.5, 0.6) is 11.5 Å². The van der Waals surface area contributed by atoms with E-state index in [-0.39, 0.29) is 6.61 Å². The van der Waals surface area contributed by atoms with Gasteiger partial charge in [0.25, 0.3) is 5.91 Å². The Morgan fingerprint density at radius 3 is 2.37 bits per heavy atom. The van der Waals surface area contributed by atoms with E-state index in [1.165, 1.54) is 16.9 Å². The molecule has 0 atom stereocenters. The van der Waals surface area contributed by atoms with E-state index in [2.05, 4.69) is 17.2 Å². The van der Waals surface area contributed by atoms with E-state index in [4.69, 9.17) is 14.2 Å². The Labute approximate surface area is 178 Å². The van der Waals surface area contributed by atoms with Crippen molar-refractivity contribution in [3.8, 4) is 22.8 Å². The van der Waals surface area contributed by atoms with Gasteiger partial charge in [-0.25, -0.2) is 9.78 Å². The molecule has 0 aliphatic heterocycles. The van der Waals surface area contributed by atoms with Gasteiger partial charge in [-0.05, 0) is 48.4 Å². The minimum atomic E-state index is -0.622. The number of carbonyl (C=O) groups is 2. The zero-order valence-corrected chi connectivity index (χ0v) is 17.5. The summed E-state index contributed by atoms with van der Waals surface area (Å²) in [6.45, 7) is 1.38. The maximum Gasteiger partial charge on any atom is 0.344 e. The number of thiazole rings is 1. The normalized spacial score (nSPS) is 10.3. The van der Waals surface area contributed by atoms with Crippen LogP contribution in [0.15, 0.2) is 53.9 Å². The Kier molecular flexibility index (Phi) is 7.40. The quantitative estimate of drug-likeness (QED) is 0.522. The number of methoxy groups -OCH3 is 1. The highest BCUT2D eigenvalue weighted by Gasteiger charge is 2.11. The van der Waals surface area contributed by atoms with Crippen LogP contribution in [-0.4, -0.2) is 37.2 Å². The van der Waals surface area contributed by atoms with Gasteiger partial charge in [0.1, 0.15) is 11.5 Å². The molecule has 0 unspecified atom stereocenters. The van der Waals surface area contributed by atoms with E-state index in [9.17, 15) is 9.59 Å². The van der Waals surface area contributed by atoms with Crippen LogP contribution in [0.4, 0.5) is 5.13 Å². The van der Waals surface area contributed by atoms with Crippen molar-refractivity contribution in [2.45, 2.75) is 13.3 Å². The van der Waals surface area contributed by atoms with Gasteiger partial charge in [0, 0.05) is 10.9 Å². The van der Waals surface area contributed by atoms with Crippen LogP contribution in [0.3, 0.4) is 0 Å². The van der Waals surface area contributed by atoms with Gasteiger partial charge in [-0.2, -0.15) is 0 Å². The van der Waals surface area contributed by atoms with Crippen molar-refractivity contribution in [2.75, 3.05) is 25.6 Å². The van der Waals surface area contributed by atoms with Crippen molar-refractivity contribution < 1.29 is 23.8 Å². The molecule has 0 saturated heterocycles. The van der Waals surface area contributed by atoms with Crippen LogP contribution in [0.1, 0.15) is 12.5 Å². The topological polar surface area (TPSA) is 86.8 Å². The zero-order valence-electron chi connectivity index (χ0n) is 16.7. The lowest BCUT2D eigenvalue weighted by Gasteiger charge is -2.07. The highest BCUT2D eigenvalue weighted by atomic mass is 32.1. The molecule has 0 bridgehead atoms. The second kappa shape index (κ2) is 10.4. The molecule has 8 heteroatoms. The Bertz CT molecular complexity index is 984. The summed E-state index contributed by atoms with van der Waals surface area (Å²) >= 11 is 1.29. The predicted molar refractivity (Wildman–Crippen MR) is 115 cm³/mol. The van der Waals surface area contributed by atoms with Gasteiger partial charge in [0.15, 0.2) is 18.3 Å². The molecule has 156 valence electrons. The number of nitrogens with one attached hydrogen (secondary N) is 1. The Morgan fingerprint density at radius 1 is 1.00 bits per heavy atom. The summed E-state index contributed by atoms with van der Waals surface area (Å²) in [4.78, 5) is 28.2. The standard InChI is InChI=1S/C22H22N2O5S/c1-3-15-4-8-18(9-5-15)28-13-21(26)29-12-20(25)24-22-23-19(14-30-22)16-6-10-17(27-2)11-7-16/h4-11,14H,3,12-13H2,1-2H3,(H,23,24,25). The number of nitrogens with zero attached hydrogens (tertiary/aromatic N) is 1. The number of rotatable bonds is 9. The van der Waals surface area contributed by atoms with Crippen molar-refractivity contribution in [1.29, 1.82) is 0 Å². The molecule has 1 aromatic heterocycles. The second-order valence-electron chi connectivity index (χ2n) is 6.26. The number of aromatic nitrogens is 1. The lowest BCUT2D eigenvalue weighted by Crippen LogP contribution is -2.23. The monoisotopic (exact) mass is 426 g/mol. The number of amides is 1. The van der Waals surface area contributed by atoms with E-state index in [1.807, 2.05) is 41.8 Å². The Hall–Kier alpha value is -3.39. The van der Waals surface area contributed by atoms with Gasteiger partial charge in [0.05, 0.1) is 12.8 Å². The average molecular weight is 426 g/mol. The summed E-state index contributed by atoms with van der Waals surface area (Å²) in [5.41, 5.74) is 2.82. The first-order valence-electron chi connectivity index (χ1n) is 9.34. The first-order valence-corrected chi connectivity index (χ1v) is 10.2. The maximum atomic E-state index is 12.0. The molecule has 3 rings (SSSR count). The molecule has 7 nitrogen and oxygen atoms in total. The molecule has 1 N–H and O–H groups in total. The smallest absolute Gasteiger partial charge is 0.344 e. The summed E-state index contributed by atoms with van der Waals surface area (Å²) in [7, 11) is 1.61. The van der Waals surface area contributed by atoms with Crippen molar-refractivity contribution >= 4 is 28.3 Å². The number of benzene rings is 2. The number of carbonyl (C=O) groups excluding carboxylic acids is 2. The number of anilines is 1. The fourth-order valence-corrected chi connectivity index (χ4v) is 3.27. The number of ether oxygens (including phenoxy) is 3. The van der Waals surface area contributed by atoms with Crippen LogP contribution in [0.25, 0.3) is 11.3 Å². The third kappa shape index (κ3) is 6.05. The second-order valence-corrected chi connectivity index (χ2v) is 7.12. The van der Waals surface area contributed by atoms with Gasteiger partial charge >= 0.3 is 5.97 Å². The van der Waals surface area contributed by atoms with E-state index in [1.54, 1.807) is 19.2 Å². The van der Waals surface area contributed by atoms with Crippen molar-refractivity contribution in [1.82, 2.24) is 4.98 Å². The molecular weight excluding hydrogens is 404 g/mol. The molecule has 0 spiro atoms. The van der Waals surface area contributed by atoms with Gasteiger partial charge < -0.3 is 14.2 Å². The molecule has 2 aromatic carbocycles. The van der Waals surface area contributed by atoms with Gasteiger partial charge in [-0.3, -0.25) is 10.1 Å². The molecule has 0 aliphatic rings. The molecule has 0 aliphatic carbocycles. The summed E-state index contributed by atoms with van der Waals surface area (Å²) in [6, 6.07) is 14.9. The summed E-state index contributed by atoms with van der Waals surface area (Å²) < 4.78 is 15.4. The number of hydrogen-bond acceptors (Lipinski definition) is 7.